The van der Waals surface area contributed by atoms with Crippen LogP contribution in [0.4, 0.5) is 0 Å². The van der Waals surface area contributed by atoms with E-state index in [4.69, 9.17) is 28.4 Å². The number of ketones is 2. The van der Waals surface area contributed by atoms with Crippen LogP contribution >= 0.6 is 0 Å². The van der Waals surface area contributed by atoms with Crippen molar-refractivity contribution in [3.8, 4) is 34.5 Å². The van der Waals surface area contributed by atoms with Crippen LogP contribution in [0.3, 0.4) is 0 Å². The molecule has 4 aliphatic heterocycles. The number of nitrogens with zero attached hydrogens (tertiary/aromatic N) is 8. The summed E-state index contributed by atoms with van der Waals surface area (Å²) >= 11 is 0. The SMILES string of the molecule is Cc1ccc(OC2C[C@@H]3CN(CC(=O)c4ccc(OCc5ccccc5)cc4)C[C@@H]3C2)cc1.Cc1ccc(OC2C[C@@H]3CN(CC(=O)c4cnn(Cc5ccccc5)c4)C[C@@H]3C2)cc1.Cc1ccc(OC2C[C@@H]3CN(CC(O)c4ccc(OCc5ccccc5)cc4)C[C@@H]3C2)cc1.Cc1ccc(OC2C[C@@H]3CN(CC(O)c4cnn(Cc5ccccc5)c4)C[C@@H]3C2)cc1. The van der Waals surface area contributed by atoms with Crippen molar-refractivity contribution in [1.29, 1.82) is 0 Å². The maximum atomic E-state index is 12.8. The molecule has 0 radical (unpaired) electrons. The fourth-order valence-corrected chi connectivity index (χ4v) is 20.6. The molecule has 8 aliphatic rings. The van der Waals surface area contributed by atoms with Crippen LogP contribution in [-0.4, -0.2) is 164 Å². The average Bonchev–Trinajstić information content (AvgIpc) is 1.67. The lowest BCUT2D eigenvalue weighted by atomic mass is 10.0. The summed E-state index contributed by atoms with van der Waals surface area (Å²) in [7, 11) is 0. The second-order valence-corrected chi connectivity index (χ2v) is 37.4. The number of carbonyl (C=O) groups is 2. The van der Waals surface area contributed by atoms with Gasteiger partial charge in [0, 0.05) is 89.0 Å². The Hall–Kier alpha value is -11.5. The Morgan fingerprint density at radius 1 is 0.312 bits per heavy atom. The van der Waals surface area contributed by atoms with Gasteiger partial charge in [-0.05, 0) is 239 Å². The third kappa shape index (κ3) is 24.7. The van der Waals surface area contributed by atoms with Crippen LogP contribution in [-0.2, 0) is 26.3 Å². The van der Waals surface area contributed by atoms with Crippen LogP contribution in [0.5, 0.6) is 34.5 Å². The fourth-order valence-electron chi connectivity index (χ4n) is 20.6. The van der Waals surface area contributed by atoms with E-state index < -0.39 is 12.2 Å². The van der Waals surface area contributed by atoms with E-state index in [1.165, 1.54) is 33.4 Å². The highest BCUT2D eigenvalue weighted by molar-refractivity contribution is 5.98. The molecule has 18 nitrogen and oxygen atoms in total. The van der Waals surface area contributed by atoms with Gasteiger partial charge >= 0.3 is 0 Å². The standard InChI is InChI=1S/C29H33NO3.C29H31NO3.C26H31N3O2.C26H29N3O2/c2*1-21-7-11-27(12-8-21)33-28-15-24-17-30(18-25(24)16-28)19-29(31)23-9-13-26(14-10-23)32-20-22-5-3-2-4-6-22;2*1-19-7-9-24(10-8-19)31-25-11-21-15-28(16-22(21)12-25)18-26(30)23-13-27-29(17-23)14-20-5-3-2-4-6-20/h2-14,24-25,28-29,31H,15-20H2,1H3;2-14,24-25,28H,15-20H2,1H3;2-10,13,17,21-22,25-26,30H,11-12,14-16,18H2,1H3;2-10,13,17,21-22,25H,11-12,14-16,18H2,1H3/t24-,25+,28?,29?;24-,25+,28?;21-,22+,25?,26?;21-,22+,25?. The van der Waals surface area contributed by atoms with Crippen LogP contribution in [0.1, 0.15) is 140 Å². The van der Waals surface area contributed by atoms with Crippen LogP contribution in [0.2, 0.25) is 0 Å². The van der Waals surface area contributed by atoms with Gasteiger partial charge < -0.3 is 38.6 Å². The number of carbonyl (C=O) groups excluding carboxylic acids is 2. The van der Waals surface area contributed by atoms with Crippen molar-refractivity contribution in [2.45, 2.75) is 142 Å². The molecule has 2 N–H and O–H groups in total. The molecular formula is C110H124N8O10. The molecule has 0 spiro atoms. The van der Waals surface area contributed by atoms with Gasteiger partial charge in [-0.15, -0.1) is 0 Å². The molecule has 18 heteroatoms. The Labute approximate surface area is 755 Å². The molecule has 12 aromatic rings. The quantitative estimate of drug-likeness (QED) is 0.0406. The average molecular weight is 1720 g/mol. The second kappa shape index (κ2) is 42.6. The summed E-state index contributed by atoms with van der Waals surface area (Å²) in [4.78, 5) is 35.1. The van der Waals surface area contributed by atoms with Gasteiger partial charge in [-0.1, -0.05) is 204 Å². The third-order valence-corrected chi connectivity index (χ3v) is 27.3. The van der Waals surface area contributed by atoms with Gasteiger partial charge in [-0.25, -0.2) is 0 Å². The highest BCUT2D eigenvalue weighted by atomic mass is 16.5. The number of rotatable bonds is 30. The Kier molecular flexibility index (Phi) is 29.5. The summed E-state index contributed by atoms with van der Waals surface area (Å²) in [5, 5.41) is 30.4. The van der Waals surface area contributed by atoms with E-state index in [1.54, 1.807) is 12.4 Å². The summed E-state index contributed by atoms with van der Waals surface area (Å²) in [6, 6.07) is 89.5. The molecule has 10 aromatic carbocycles. The number of aliphatic hydroxyl groups is 2. The van der Waals surface area contributed by atoms with E-state index in [1.807, 2.05) is 155 Å². The minimum atomic E-state index is -0.497. The summed E-state index contributed by atoms with van der Waals surface area (Å²) in [6.45, 7) is 21.3. The monoisotopic (exact) mass is 1720 g/mol. The van der Waals surface area contributed by atoms with Crippen LogP contribution in [0.25, 0.3) is 0 Å². The molecule has 8 fully saturated rings. The van der Waals surface area contributed by atoms with Gasteiger partial charge in [0.15, 0.2) is 11.6 Å². The van der Waals surface area contributed by atoms with Gasteiger partial charge in [0.1, 0.15) is 47.7 Å². The minimum absolute atomic E-state index is 0.159. The van der Waals surface area contributed by atoms with E-state index in [0.29, 0.717) is 123 Å². The van der Waals surface area contributed by atoms with E-state index in [0.717, 1.165) is 173 Å². The maximum absolute atomic E-state index is 12.8. The molecule has 20 rings (SSSR count). The van der Waals surface area contributed by atoms with Crippen molar-refractivity contribution in [2.24, 2.45) is 47.3 Å². The lowest BCUT2D eigenvalue weighted by molar-refractivity contribution is 0.0928. The van der Waals surface area contributed by atoms with E-state index in [2.05, 4.69) is 191 Å². The predicted molar refractivity (Wildman–Crippen MR) is 502 cm³/mol. The zero-order valence-corrected chi connectivity index (χ0v) is 74.5. The van der Waals surface area contributed by atoms with Crippen molar-refractivity contribution in [3.05, 3.63) is 358 Å². The first-order valence-corrected chi connectivity index (χ1v) is 46.4. The first-order chi connectivity index (χ1) is 62.5. The minimum Gasteiger partial charge on any atom is -0.490 e. The van der Waals surface area contributed by atoms with E-state index in [-0.39, 0.29) is 11.6 Å². The third-order valence-electron chi connectivity index (χ3n) is 27.3. The van der Waals surface area contributed by atoms with Crippen molar-refractivity contribution in [1.82, 2.24) is 39.2 Å². The zero-order chi connectivity index (χ0) is 87.7. The van der Waals surface area contributed by atoms with Gasteiger partial charge in [0.2, 0.25) is 0 Å². The summed E-state index contributed by atoms with van der Waals surface area (Å²) in [6.07, 6.45) is 16.4. The molecule has 2 aromatic heterocycles. The molecule has 0 bridgehead atoms. The van der Waals surface area contributed by atoms with E-state index >= 15 is 0 Å². The van der Waals surface area contributed by atoms with Crippen LogP contribution in [0, 0.1) is 75.0 Å². The van der Waals surface area contributed by atoms with Crippen molar-refractivity contribution in [2.75, 3.05) is 78.5 Å². The number of ether oxygens (including phenoxy) is 6. The first kappa shape index (κ1) is 88.5. The highest BCUT2D eigenvalue weighted by Crippen LogP contribution is 2.45. The predicted octanol–water partition coefficient (Wildman–Crippen LogP) is 19.2. The molecule has 664 valence electrons. The molecule has 14 atom stereocenters. The topological polar surface area (TPSA) is 179 Å². The molecule has 6 unspecified atom stereocenters. The molecule has 4 saturated carbocycles. The van der Waals surface area contributed by atoms with Gasteiger partial charge in [-0.2, -0.15) is 10.2 Å². The van der Waals surface area contributed by atoms with Gasteiger partial charge in [0.05, 0.1) is 80.8 Å². The number of fused-ring (bicyclic) bond motifs is 4. The van der Waals surface area contributed by atoms with Crippen molar-refractivity contribution < 1.29 is 48.2 Å². The number of benzene rings is 10. The van der Waals surface area contributed by atoms with Gasteiger partial charge in [-0.3, -0.25) is 38.6 Å². The number of aliphatic hydroxyl groups excluding tert-OH is 2. The lowest BCUT2D eigenvalue weighted by Gasteiger charge is -2.22. The first-order valence-electron chi connectivity index (χ1n) is 46.4. The second-order valence-electron chi connectivity index (χ2n) is 37.4. The van der Waals surface area contributed by atoms with Crippen LogP contribution in [0.15, 0.2) is 292 Å². The molecule has 0 amide bonds. The Morgan fingerprint density at radius 2 is 0.594 bits per heavy atom. The highest BCUT2D eigenvalue weighted by Gasteiger charge is 2.46. The normalized spacial score (nSPS) is 23.2. The largest absolute Gasteiger partial charge is 0.490 e. The summed E-state index contributed by atoms with van der Waals surface area (Å²) in [5.74, 6) is 11.0. The molecule has 6 heterocycles. The Bertz CT molecular complexity index is 5400. The number of hydrogen-bond donors (Lipinski definition) is 2. The molecule has 128 heavy (non-hydrogen) atoms. The number of aryl methyl sites for hydroxylation is 4. The van der Waals surface area contributed by atoms with Crippen LogP contribution < -0.4 is 28.4 Å². The number of β-amino-alcohol motifs (C(OH)–C–C–N with tert-alkyl or cyclic N) is 2. The smallest absolute Gasteiger partial charge is 0.179 e. The number of likely N-dealkylation sites (tertiary alicyclic amines) is 4. The maximum Gasteiger partial charge on any atom is 0.179 e. The Morgan fingerprint density at radius 3 is 0.938 bits per heavy atom. The van der Waals surface area contributed by atoms with Crippen molar-refractivity contribution in [3.63, 3.8) is 0 Å². The van der Waals surface area contributed by atoms with Gasteiger partial charge in [0.25, 0.3) is 0 Å². The van der Waals surface area contributed by atoms with E-state index in [9.17, 15) is 19.8 Å². The molecule has 4 saturated heterocycles. The Balaban J connectivity index is 0.000000120. The summed E-state index contributed by atoms with van der Waals surface area (Å²) < 4.78 is 40.3. The number of aromatic nitrogens is 4. The zero-order valence-electron chi connectivity index (χ0n) is 74.5. The number of Topliss-reactive ketones (excluding diaryl/α,β-unsaturated/α-hetero) is 2. The summed E-state index contributed by atoms with van der Waals surface area (Å²) in [5.41, 5.74) is 13.0. The fraction of sp³-hybridized carbons (Fsp3) is 0.382. The van der Waals surface area contributed by atoms with Crippen molar-refractivity contribution >= 4 is 11.6 Å². The lowest BCUT2D eigenvalue weighted by Crippen LogP contribution is -2.30. The number of hydrogen-bond acceptors (Lipinski definition) is 16. The molecular weight excluding hydrogens is 1590 g/mol. The molecule has 4 aliphatic carbocycles.